The minimum absolute atomic E-state index is 0.320. The maximum atomic E-state index is 12.4. The number of pyridine rings is 1. The van der Waals surface area contributed by atoms with Crippen molar-refractivity contribution in [3.63, 3.8) is 0 Å². The largest absolute Gasteiger partial charge is 0.488 e. The lowest BCUT2D eigenvalue weighted by molar-refractivity contribution is 0.302. The fraction of sp³-hybridized carbons (Fsp3) is 0.0526. The Morgan fingerprint density at radius 3 is 2.83 bits per heavy atom. The van der Waals surface area contributed by atoms with E-state index in [2.05, 4.69) is 4.98 Å². The standard InChI is InChI=1S/C19H10ClNO3/c20-11-5-6-15-14(8-11)17-10(9-23-15)7-13-12-3-1-2-4-16(12)24-19(22)18(13)21-17/h1-8H,9H2. The molecule has 2 aromatic carbocycles. The van der Waals surface area contributed by atoms with Crippen molar-refractivity contribution in [3.05, 3.63) is 69.5 Å². The molecule has 0 unspecified atom stereocenters. The van der Waals surface area contributed by atoms with Gasteiger partial charge < -0.3 is 9.15 Å². The highest BCUT2D eigenvalue weighted by atomic mass is 35.5. The molecule has 2 aromatic heterocycles. The quantitative estimate of drug-likeness (QED) is 0.349. The van der Waals surface area contributed by atoms with E-state index in [1.807, 2.05) is 30.3 Å². The highest BCUT2D eigenvalue weighted by Gasteiger charge is 2.21. The van der Waals surface area contributed by atoms with Gasteiger partial charge in [-0.15, -0.1) is 0 Å². The Bertz CT molecular complexity index is 1200. The number of aromatic nitrogens is 1. The summed E-state index contributed by atoms with van der Waals surface area (Å²) in [4.78, 5) is 17.0. The van der Waals surface area contributed by atoms with Gasteiger partial charge in [-0.25, -0.2) is 9.78 Å². The average molecular weight is 336 g/mol. The summed E-state index contributed by atoms with van der Waals surface area (Å²) in [5, 5.41) is 2.23. The summed E-state index contributed by atoms with van der Waals surface area (Å²) >= 11 is 6.11. The number of benzene rings is 2. The number of fused-ring (bicyclic) bond motifs is 6. The molecule has 0 saturated carbocycles. The Balaban J connectivity index is 1.92. The number of nitrogens with zero attached hydrogens (tertiary/aromatic N) is 1. The van der Waals surface area contributed by atoms with Crippen molar-refractivity contribution >= 4 is 33.5 Å². The molecule has 1 aliphatic heterocycles. The third-order valence-electron chi connectivity index (χ3n) is 4.25. The van der Waals surface area contributed by atoms with Crippen molar-refractivity contribution < 1.29 is 9.15 Å². The number of hydrogen-bond donors (Lipinski definition) is 0. The summed E-state index contributed by atoms with van der Waals surface area (Å²) in [6, 6.07) is 14.8. The van der Waals surface area contributed by atoms with Gasteiger partial charge in [0.05, 0.1) is 5.69 Å². The van der Waals surface area contributed by atoms with Gasteiger partial charge in [-0.2, -0.15) is 0 Å². The van der Waals surface area contributed by atoms with Crippen molar-refractivity contribution in [1.29, 1.82) is 0 Å². The second kappa shape index (κ2) is 4.82. The minimum Gasteiger partial charge on any atom is -0.488 e. The van der Waals surface area contributed by atoms with Crippen LogP contribution in [0.2, 0.25) is 5.02 Å². The molecule has 24 heavy (non-hydrogen) atoms. The van der Waals surface area contributed by atoms with Crippen LogP contribution >= 0.6 is 11.6 Å². The molecule has 0 bridgehead atoms. The van der Waals surface area contributed by atoms with Crippen LogP contribution in [-0.2, 0) is 6.61 Å². The summed E-state index contributed by atoms with van der Waals surface area (Å²) in [6.07, 6.45) is 0. The summed E-state index contributed by atoms with van der Waals surface area (Å²) in [7, 11) is 0. The van der Waals surface area contributed by atoms with Gasteiger partial charge in [0.2, 0.25) is 0 Å². The molecule has 0 fully saturated rings. The first kappa shape index (κ1) is 13.6. The molecule has 4 nitrogen and oxygen atoms in total. The fourth-order valence-electron chi connectivity index (χ4n) is 3.15. The number of rotatable bonds is 0. The van der Waals surface area contributed by atoms with Gasteiger partial charge in [0, 0.05) is 26.9 Å². The average Bonchev–Trinajstić information content (AvgIpc) is 2.60. The van der Waals surface area contributed by atoms with Crippen LogP contribution in [0.5, 0.6) is 5.75 Å². The predicted octanol–water partition coefficient (Wildman–Crippen LogP) is 4.55. The molecule has 5 heteroatoms. The number of halogens is 1. The Morgan fingerprint density at radius 1 is 1.04 bits per heavy atom. The Kier molecular flexibility index (Phi) is 2.73. The zero-order valence-electron chi connectivity index (χ0n) is 12.4. The molecule has 0 aliphatic carbocycles. The lowest BCUT2D eigenvalue weighted by Gasteiger charge is -2.20. The summed E-state index contributed by atoms with van der Waals surface area (Å²) in [5.74, 6) is 0.712. The van der Waals surface area contributed by atoms with Crippen LogP contribution in [0.15, 0.2) is 57.7 Å². The molecule has 0 radical (unpaired) electrons. The van der Waals surface area contributed by atoms with E-state index in [0.29, 0.717) is 34.2 Å². The van der Waals surface area contributed by atoms with Crippen LogP contribution in [-0.4, -0.2) is 4.98 Å². The van der Waals surface area contributed by atoms with Gasteiger partial charge in [-0.1, -0.05) is 29.8 Å². The third kappa shape index (κ3) is 1.87. The maximum Gasteiger partial charge on any atom is 0.363 e. The minimum atomic E-state index is -0.443. The number of para-hydroxylation sites is 1. The van der Waals surface area contributed by atoms with E-state index in [0.717, 1.165) is 21.9 Å². The zero-order valence-corrected chi connectivity index (χ0v) is 13.1. The Hall–Kier alpha value is -2.85. The van der Waals surface area contributed by atoms with E-state index < -0.39 is 5.63 Å². The van der Waals surface area contributed by atoms with Gasteiger partial charge in [0.15, 0.2) is 5.52 Å². The second-order valence-corrected chi connectivity index (χ2v) is 6.14. The summed E-state index contributed by atoms with van der Waals surface area (Å²) < 4.78 is 11.2. The number of hydrogen-bond acceptors (Lipinski definition) is 4. The van der Waals surface area contributed by atoms with E-state index in [-0.39, 0.29) is 0 Å². The van der Waals surface area contributed by atoms with Crippen molar-refractivity contribution in [3.8, 4) is 17.0 Å². The van der Waals surface area contributed by atoms with Crippen molar-refractivity contribution in [2.45, 2.75) is 6.61 Å². The van der Waals surface area contributed by atoms with Gasteiger partial charge in [-0.3, -0.25) is 0 Å². The van der Waals surface area contributed by atoms with Crippen LogP contribution in [0.3, 0.4) is 0 Å². The van der Waals surface area contributed by atoms with E-state index in [1.165, 1.54) is 0 Å². The molecule has 1 aliphatic rings. The first-order valence-electron chi connectivity index (χ1n) is 7.49. The molecule has 5 rings (SSSR count). The van der Waals surface area contributed by atoms with E-state index in [9.17, 15) is 4.79 Å². The van der Waals surface area contributed by atoms with Gasteiger partial charge >= 0.3 is 5.63 Å². The van der Waals surface area contributed by atoms with Crippen LogP contribution in [0.1, 0.15) is 5.56 Å². The maximum absolute atomic E-state index is 12.4. The molecule has 0 atom stereocenters. The molecule has 0 N–H and O–H groups in total. The summed E-state index contributed by atoms with van der Waals surface area (Å²) in [6.45, 7) is 0.404. The lowest BCUT2D eigenvalue weighted by atomic mass is 10.00. The lowest BCUT2D eigenvalue weighted by Crippen LogP contribution is -2.10. The van der Waals surface area contributed by atoms with Crippen LogP contribution in [0.25, 0.3) is 33.1 Å². The molecule has 116 valence electrons. The fourth-order valence-corrected chi connectivity index (χ4v) is 3.33. The Labute approximate surface area is 141 Å². The smallest absolute Gasteiger partial charge is 0.363 e. The van der Waals surface area contributed by atoms with Gasteiger partial charge in [0.25, 0.3) is 0 Å². The molecule has 0 saturated heterocycles. The molecule has 0 amide bonds. The second-order valence-electron chi connectivity index (χ2n) is 5.71. The van der Waals surface area contributed by atoms with E-state index >= 15 is 0 Å². The van der Waals surface area contributed by atoms with E-state index in [4.69, 9.17) is 20.8 Å². The zero-order chi connectivity index (χ0) is 16.3. The van der Waals surface area contributed by atoms with Crippen LogP contribution in [0.4, 0.5) is 0 Å². The third-order valence-corrected chi connectivity index (χ3v) is 4.49. The van der Waals surface area contributed by atoms with Crippen LogP contribution in [0, 0.1) is 0 Å². The number of ether oxygens (including phenoxy) is 1. The van der Waals surface area contributed by atoms with Gasteiger partial charge in [-0.05, 0) is 30.3 Å². The first-order chi connectivity index (χ1) is 11.7. The summed E-state index contributed by atoms with van der Waals surface area (Å²) in [5.41, 5.74) is 2.86. The van der Waals surface area contributed by atoms with Crippen molar-refractivity contribution in [2.75, 3.05) is 0 Å². The van der Waals surface area contributed by atoms with Crippen molar-refractivity contribution in [1.82, 2.24) is 4.98 Å². The SMILES string of the molecule is O=c1oc2ccccc2c2cc3c(nc12)-c1cc(Cl)ccc1OC3. The van der Waals surface area contributed by atoms with E-state index in [1.54, 1.807) is 18.2 Å². The molecule has 0 spiro atoms. The van der Waals surface area contributed by atoms with Crippen LogP contribution < -0.4 is 10.4 Å². The highest BCUT2D eigenvalue weighted by molar-refractivity contribution is 6.31. The molecular formula is C19H10ClNO3. The first-order valence-corrected chi connectivity index (χ1v) is 7.87. The molecule has 3 heterocycles. The monoisotopic (exact) mass is 335 g/mol. The highest BCUT2D eigenvalue weighted by Crippen LogP contribution is 2.39. The molecule has 4 aromatic rings. The van der Waals surface area contributed by atoms with Gasteiger partial charge in [0.1, 0.15) is 17.9 Å². The van der Waals surface area contributed by atoms with Crippen molar-refractivity contribution in [2.24, 2.45) is 0 Å². The topological polar surface area (TPSA) is 52.3 Å². The Morgan fingerprint density at radius 2 is 1.92 bits per heavy atom. The predicted molar refractivity (Wildman–Crippen MR) is 92.6 cm³/mol. The normalized spacial score (nSPS) is 12.7. The molecular weight excluding hydrogens is 326 g/mol.